The summed E-state index contributed by atoms with van der Waals surface area (Å²) in [5.74, 6) is -0.419. The molecule has 1 rings (SSSR count). The van der Waals surface area contributed by atoms with Crippen LogP contribution in [0, 0.1) is 0 Å². The van der Waals surface area contributed by atoms with Gasteiger partial charge in [-0.3, -0.25) is 0 Å². The van der Waals surface area contributed by atoms with Gasteiger partial charge < -0.3 is 30.3 Å². The van der Waals surface area contributed by atoms with Crippen LogP contribution >= 0.6 is 0 Å². The Hall–Kier alpha value is -2.48. The largest absolute Gasteiger partial charge is 0.493 e. The van der Waals surface area contributed by atoms with E-state index in [1.807, 2.05) is 6.92 Å². The number of aliphatic hydroxyl groups is 1. The van der Waals surface area contributed by atoms with Gasteiger partial charge in [0.2, 0.25) is 0 Å². The van der Waals surface area contributed by atoms with Crippen molar-refractivity contribution in [3.05, 3.63) is 18.2 Å². The van der Waals surface area contributed by atoms with E-state index in [0.717, 1.165) is 6.92 Å². The van der Waals surface area contributed by atoms with E-state index in [9.17, 15) is 14.7 Å². The number of methoxy groups -OCH3 is 1. The Morgan fingerprint density at radius 2 is 2.00 bits per heavy atom. The topological polar surface area (TPSA) is 117 Å². The molecule has 1 aromatic rings. The summed E-state index contributed by atoms with van der Waals surface area (Å²) in [5, 5.41) is 23.0. The highest BCUT2D eigenvalue weighted by atomic mass is 16.5. The van der Waals surface area contributed by atoms with Crippen molar-refractivity contribution in [1.29, 1.82) is 0 Å². The summed E-state index contributed by atoms with van der Waals surface area (Å²) in [6, 6.07) is 4.18. The molecule has 8 nitrogen and oxygen atoms in total. The van der Waals surface area contributed by atoms with Crippen molar-refractivity contribution in [1.82, 2.24) is 5.32 Å². The van der Waals surface area contributed by atoms with Crippen LogP contribution in [-0.4, -0.2) is 48.1 Å². The zero-order chi connectivity index (χ0) is 16.8. The predicted octanol–water partition coefficient (Wildman–Crippen LogP) is 1.05. The van der Waals surface area contributed by atoms with Gasteiger partial charge in [-0.1, -0.05) is 0 Å². The first kappa shape index (κ1) is 17.6. The van der Waals surface area contributed by atoms with Crippen molar-refractivity contribution in [2.75, 3.05) is 25.6 Å². The molecule has 0 aliphatic carbocycles. The third kappa shape index (κ3) is 4.81. The third-order valence-corrected chi connectivity index (χ3v) is 2.78. The number of anilines is 1. The predicted molar refractivity (Wildman–Crippen MR) is 79.4 cm³/mol. The summed E-state index contributed by atoms with van der Waals surface area (Å²) in [4.78, 5) is 22.4. The molecule has 122 valence electrons. The molecule has 0 fully saturated rings. The van der Waals surface area contributed by atoms with E-state index in [1.165, 1.54) is 7.11 Å². The SMILES string of the molecule is CCOc1cc(NC(=O)NCC(C)(O)C(=O)O)ccc1OC. The van der Waals surface area contributed by atoms with Gasteiger partial charge in [0.05, 0.1) is 20.3 Å². The Bertz CT molecular complexity index is 544. The van der Waals surface area contributed by atoms with E-state index < -0.39 is 24.1 Å². The molecule has 8 heteroatoms. The number of carbonyl (C=O) groups excluding carboxylic acids is 1. The van der Waals surface area contributed by atoms with Crippen molar-refractivity contribution >= 4 is 17.7 Å². The van der Waals surface area contributed by atoms with E-state index in [4.69, 9.17) is 14.6 Å². The Kier molecular flexibility index (Phi) is 6.00. The van der Waals surface area contributed by atoms with E-state index in [0.29, 0.717) is 23.8 Å². The summed E-state index contributed by atoms with van der Waals surface area (Å²) in [5.41, 5.74) is -1.59. The maximum absolute atomic E-state index is 11.7. The van der Waals surface area contributed by atoms with E-state index >= 15 is 0 Å². The van der Waals surface area contributed by atoms with E-state index in [2.05, 4.69) is 10.6 Å². The Balaban J connectivity index is 2.68. The summed E-state index contributed by atoms with van der Waals surface area (Å²) in [7, 11) is 1.51. The van der Waals surface area contributed by atoms with Crippen LogP contribution in [0.1, 0.15) is 13.8 Å². The van der Waals surface area contributed by atoms with Gasteiger partial charge in [0.15, 0.2) is 17.1 Å². The molecule has 0 aromatic heterocycles. The van der Waals surface area contributed by atoms with Crippen LogP contribution in [0.4, 0.5) is 10.5 Å². The lowest BCUT2D eigenvalue weighted by molar-refractivity contribution is -0.155. The number of rotatable bonds is 7. The molecule has 0 bridgehead atoms. The van der Waals surface area contributed by atoms with Gasteiger partial charge in [-0.2, -0.15) is 0 Å². The van der Waals surface area contributed by atoms with Gasteiger partial charge in [-0.25, -0.2) is 9.59 Å². The van der Waals surface area contributed by atoms with Gasteiger partial charge in [-0.15, -0.1) is 0 Å². The zero-order valence-electron chi connectivity index (χ0n) is 12.7. The first-order chi connectivity index (χ1) is 10.3. The maximum atomic E-state index is 11.7. The van der Waals surface area contributed by atoms with Crippen LogP contribution in [0.15, 0.2) is 18.2 Å². The molecule has 0 radical (unpaired) electrons. The molecule has 1 atom stereocenters. The third-order valence-electron chi connectivity index (χ3n) is 2.78. The number of hydrogen-bond acceptors (Lipinski definition) is 5. The minimum atomic E-state index is -2.03. The second-order valence-electron chi connectivity index (χ2n) is 4.69. The number of carboxylic acid groups (broad SMARTS) is 1. The molecular formula is C14H20N2O6. The summed E-state index contributed by atoms with van der Waals surface area (Å²) in [6.45, 7) is 2.92. The second kappa shape index (κ2) is 7.51. The molecule has 4 N–H and O–H groups in total. The van der Waals surface area contributed by atoms with Crippen LogP contribution in [-0.2, 0) is 4.79 Å². The van der Waals surface area contributed by atoms with Crippen molar-refractivity contribution in [3.63, 3.8) is 0 Å². The van der Waals surface area contributed by atoms with Crippen LogP contribution in [0.2, 0.25) is 0 Å². The van der Waals surface area contributed by atoms with Gasteiger partial charge in [0, 0.05) is 11.8 Å². The van der Waals surface area contributed by atoms with Crippen LogP contribution in [0.5, 0.6) is 11.5 Å². The van der Waals surface area contributed by atoms with E-state index in [-0.39, 0.29) is 0 Å². The number of nitrogens with one attached hydrogen (secondary N) is 2. The molecule has 0 aliphatic heterocycles. The molecule has 0 spiro atoms. The fraction of sp³-hybridized carbons (Fsp3) is 0.429. The number of aliphatic carboxylic acids is 1. The molecular weight excluding hydrogens is 292 g/mol. The summed E-state index contributed by atoms with van der Waals surface area (Å²) < 4.78 is 10.5. The van der Waals surface area contributed by atoms with E-state index in [1.54, 1.807) is 18.2 Å². The molecule has 0 heterocycles. The number of amides is 2. The lowest BCUT2D eigenvalue weighted by Gasteiger charge is -2.18. The number of ether oxygens (including phenoxy) is 2. The Morgan fingerprint density at radius 3 is 2.55 bits per heavy atom. The number of carbonyl (C=O) groups is 2. The highest BCUT2D eigenvalue weighted by Crippen LogP contribution is 2.30. The highest BCUT2D eigenvalue weighted by Gasteiger charge is 2.30. The molecule has 0 aliphatic rings. The zero-order valence-corrected chi connectivity index (χ0v) is 12.7. The van der Waals surface area contributed by atoms with Crippen LogP contribution in [0.3, 0.4) is 0 Å². The second-order valence-corrected chi connectivity index (χ2v) is 4.69. The Labute approximate surface area is 128 Å². The summed E-state index contributed by atoms with van der Waals surface area (Å²) in [6.07, 6.45) is 0. The number of hydrogen-bond donors (Lipinski definition) is 4. The molecule has 22 heavy (non-hydrogen) atoms. The number of urea groups is 1. The van der Waals surface area contributed by atoms with Crippen LogP contribution in [0.25, 0.3) is 0 Å². The number of carboxylic acids is 1. The van der Waals surface area contributed by atoms with Gasteiger partial charge in [-0.05, 0) is 26.0 Å². The average Bonchev–Trinajstić information content (AvgIpc) is 2.46. The summed E-state index contributed by atoms with van der Waals surface area (Å²) >= 11 is 0. The first-order valence-electron chi connectivity index (χ1n) is 6.61. The molecule has 1 aromatic carbocycles. The van der Waals surface area contributed by atoms with Gasteiger partial charge in [0.1, 0.15) is 0 Å². The fourth-order valence-corrected chi connectivity index (χ4v) is 1.53. The van der Waals surface area contributed by atoms with Crippen molar-refractivity contribution in [2.24, 2.45) is 0 Å². The quantitative estimate of drug-likeness (QED) is 0.598. The lowest BCUT2D eigenvalue weighted by Crippen LogP contribution is -2.47. The molecule has 2 amide bonds. The Morgan fingerprint density at radius 1 is 1.32 bits per heavy atom. The molecule has 1 unspecified atom stereocenters. The molecule has 0 saturated carbocycles. The molecule has 0 saturated heterocycles. The minimum Gasteiger partial charge on any atom is -0.493 e. The van der Waals surface area contributed by atoms with Crippen LogP contribution < -0.4 is 20.1 Å². The number of benzene rings is 1. The fourth-order valence-electron chi connectivity index (χ4n) is 1.53. The average molecular weight is 312 g/mol. The standard InChI is InChI=1S/C14H20N2O6/c1-4-22-11-7-9(5-6-10(11)21-3)16-13(19)15-8-14(2,20)12(17)18/h5-7,20H,4,8H2,1-3H3,(H,17,18)(H2,15,16,19). The minimum absolute atomic E-state index is 0.428. The van der Waals surface area contributed by atoms with Gasteiger partial charge in [0.25, 0.3) is 0 Å². The highest BCUT2D eigenvalue weighted by molar-refractivity contribution is 5.90. The smallest absolute Gasteiger partial charge is 0.337 e. The van der Waals surface area contributed by atoms with Crippen molar-refractivity contribution in [3.8, 4) is 11.5 Å². The normalized spacial score (nSPS) is 12.9. The maximum Gasteiger partial charge on any atom is 0.337 e. The lowest BCUT2D eigenvalue weighted by atomic mass is 10.1. The van der Waals surface area contributed by atoms with Gasteiger partial charge >= 0.3 is 12.0 Å². The first-order valence-corrected chi connectivity index (χ1v) is 6.61. The monoisotopic (exact) mass is 312 g/mol. The van der Waals surface area contributed by atoms with Crippen molar-refractivity contribution < 1.29 is 29.3 Å². The van der Waals surface area contributed by atoms with Crippen molar-refractivity contribution in [2.45, 2.75) is 19.4 Å².